The number of carboxylic acid groups (broad SMARTS) is 1. The normalized spacial score (nSPS) is 29.4. The fourth-order valence-electron chi connectivity index (χ4n) is 3.41. The summed E-state index contributed by atoms with van der Waals surface area (Å²) in [6.07, 6.45) is 3.25. The summed E-state index contributed by atoms with van der Waals surface area (Å²) in [4.78, 5) is 24.9. The first kappa shape index (κ1) is 12.3. The molecule has 1 atom stereocenters. The van der Waals surface area contributed by atoms with E-state index in [1.165, 1.54) is 0 Å². The molecule has 3 fully saturated rings. The van der Waals surface area contributed by atoms with E-state index in [1.807, 2.05) is 0 Å². The molecular weight excluding hydrogens is 246 g/mol. The second kappa shape index (κ2) is 3.86. The van der Waals surface area contributed by atoms with Gasteiger partial charge in [0, 0.05) is 18.5 Å². The Balaban J connectivity index is 1.75. The van der Waals surface area contributed by atoms with E-state index in [9.17, 15) is 9.59 Å². The smallest absolute Gasteiger partial charge is 0.404 e. The minimum absolute atomic E-state index is 0.0837. The number of rotatable bonds is 2. The van der Waals surface area contributed by atoms with E-state index in [4.69, 9.17) is 10.4 Å². The van der Waals surface area contributed by atoms with Crippen molar-refractivity contribution in [3.63, 3.8) is 0 Å². The van der Waals surface area contributed by atoms with E-state index in [1.54, 1.807) is 4.90 Å². The number of amides is 2. The lowest BCUT2D eigenvalue weighted by molar-refractivity contribution is -0.134. The summed E-state index contributed by atoms with van der Waals surface area (Å²) in [5, 5.41) is 20.5. The maximum absolute atomic E-state index is 12.3. The van der Waals surface area contributed by atoms with Gasteiger partial charge >= 0.3 is 6.09 Å². The molecule has 1 spiro atoms. The van der Waals surface area contributed by atoms with Crippen LogP contribution in [0.1, 0.15) is 32.1 Å². The molecule has 6 heteroatoms. The van der Waals surface area contributed by atoms with Gasteiger partial charge in [0.05, 0.1) is 12.1 Å². The van der Waals surface area contributed by atoms with Gasteiger partial charge in [-0.2, -0.15) is 5.26 Å². The fourth-order valence-corrected chi connectivity index (χ4v) is 3.41. The van der Waals surface area contributed by atoms with Gasteiger partial charge in [0.1, 0.15) is 5.41 Å². The molecule has 0 aromatic carbocycles. The van der Waals surface area contributed by atoms with Gasteiger partial charge in [-0.05, 0) is 25.7 Å². The second-order valence-corrected chi connectivity index (χ2v) is 6.10. The quantitative estimate of drug-likeness (QED) is 0.775. The molecule has 0 radical (unpaired) electrons. The highest BCUT2D eigenvalue weighted by molar-refractivity contribution is 5.88. The van der Waals surface area contributed by atoms with Crippen LogP contribution in [0.5, 0.6) is 0 Å². The number of hydrogen-bond donors (Lipinski definition) is 2. The van der Waals surface area contributed by atoms with Gasteiger partial charge in [0.15, 0.2) is 0 Å². The Kier molecular flexibility index (Phi) is 2.49. The zero-order chi connectivity index (χ0) is 13.7. The molecule has 2 saturated carbocycles. The largest absolute Gasteiger partial charge is 0.465 e. The van der Waals surface area contributed by atoms with Crippen LogP contribution in [-0.4, -0.2) is 41.1 Å². The van der Waals surface area contributed by atoms with Gasteiger partial charge in [0.2, 0.25) is 5.91 Å². The van der Waals surface area contributed by atoms with Crippen molar-refractivity contribution in [2.75, 3.05) is 13.1 Å². The Hall–Kier alpha value is -1.77. The standard InChI is InChI=1S/C13H17N3O3/c14-7-12(4-5-12)10(17)16-6-9(15-11(18)19)13(8-16)2-1-3-13/h9,15H,1-6,8H2,(H,18,19). The first-order valence-corrected chi connectivity index (χ1v) is 6.71. The van der Waals surface area contributed by atoms with Crippen molar-refractivity contribution in [1.29, 1.82) is 5.26 Å². The van der Waals surface area contributed by atoms with E-state index < -0.39 is 11.5 Å². The number of nitrogens with one attached hydrogen (secondary N) is 1. The van der Waals surface area contributed by atoms with Crippen molar-refractivity contribution < 1.29 is 14.7 Å². The average Bonchev–Trinajstić information content (AvgIpc) is 3.02. The lowest BCUT2D eigenvalue weighted by Gasteiger charge is -2.42. The van der Waals surface area contributed by atoms with Gasteiger partial charge in [-0.3, -0.25) is 4.79 Å². The van der Waals surface area contributed by atoms with E-state index in [2.05, 4.69) is 11.4 Å². The summed E-state index contributed by atoms with van der Waals surface area (Å²) in [6.45, 7) is 1.01. The van der Waals surface area contributed by atoms with Crippen molar-refractivity contribution in [3.05, 3.63) is 0 Å². The summed E-state index contributed by atoms with van der Waals surface area (Å²) >= 11 is 0. The van der Waals surface area contributed by atoms with Crippen LogP contribution in [0.15, 0.2) is 0 Å². The van der Waals surface area contributed by atoms with Crippen molar-refractivity contribution in [3.8, 4) is 6.07 Å². The molecule has 3 aliphatic rings. The molecule has 102 valence electrons. The van der Waals surface area contributed by atoms with Crippen LogP contribution < -0.4 is 5.32 Å². The molecule has 0 aromatic rings. The average molecular weight is 263 g/mol. The monoisotopic (exact) mass is 263 g/mol. The molecule has 0 aromatic heterocycles. The molecule has 1 saturated heterocycles. The Bertz CT molecular complexity index is 474. The first-order valence-electron chi connectivity index (χ1n) is 6.71. The molecule has 19 heavy (non-hydrogen) atoms. The summed E-state index contributed by atoms with van der Waals surface area (Å²) in [6, 6.07) is 1.94. The maximum atomic E-state index is 12.3. The number of carbonyl (C=O) groups is 2. The van der Waals surface area contributed by atoms with E-state index >= 15 is 0 Å². The van der Waals surface area contributed by atoms with Gasteiger partial charge in [-0.1, -0.05) is 6.42 Å². The van der Waals surface area contributed by atoms with Gasteiger partial charge < -0.3 is 15.3 Å². The summed E-state index contributed by atoms with van der Waals surface area (Å²) in [5.41, 5.74) is -0.886. The first-order chi connectivity index (χ1) is 9.01. The Morgan fingerprint density at radius 3 is 2.42 bits per heavy atom. The third-order valence-electron chi connectivity index (χ3n) is 4.96. The molecule has 1 heterocycles. The van der Waals surface area contributed by atoms with Gasteiger partial charge in [0.25, 0.3) is 0 Å². The zero-order valence-corrected chi connectivity index (χ0v) is 10.7. The van der Waals surface area contributed by atoms with Crippen LogP contribution in [0, 0.1) is 22.2 Å². The maximum Gasteiger partial charge on any atom is 0.404 e. The molecular formula is C13H17N3O3. The van der Waals surface area contributed by atoms with Gasteiger partial charge in [-0.15, -0.1) is 0 Å². The summed E-state index contributed by atoms with van der Waals surface area (Å²) in [7, 11) is 0. The van der Waals surface area contributed by atoms with Crippen molar-refractivity contribution in [1.82, 2.24) is 10.2 Å². The van der Waals surface area contributed by atoms with Crippen LogP contribution in [0.3, 0.4) is 0 Å². The van der Waals surface area contributed by atoms with Crippen molar-refractivity contribution in [2.45, 2.75) is 38.1 Å². The number of nitriles is 1. The Morgan fingerprint density at radius 1 is 1.32 bits per heavy atom. The molecule has 2 aliphatic carbocycles. The molecule has 0 bridgehead atoms. The van der Waals surface area contributed by atoms with E-state index in [0.717, 1.165) is 19.3 Å². The third kappa shape index (κ3) is 1.76. The molecule has 2 amide bonds. The minimum atomic E-state index is -1.04. The molecule has 1 unspecified atom stereocenters. The topological polar surface area (TPSA) is 93.4 Å². The summed E-state index contributed by atoms with van der Waals surface area (Å²) < 4.78 is 0. The Morgan fingerprint density at radius 2 is 2.00 bits per heavy atom. The number of likely N-dealkylation sites (tertiary alicyclic amines) is 1. The predicted molar refractivity (Wildman–Crippen MR) is 65.1 cm³/mol. The zero-order valence-electron chi connectivity index (χ0n) is 10.7. The number of hydrogen-bond acceptors (Lipinski definition) is 3. The lowest BCUT2D eigenvalue weighted by atomic mass is 9.66. The lowest BCUT2D eigenvalue weighted by Crippen LogP contribution is -2.50. The van der Waals surface area contributed by atoms with Crippen molar-refractivity contribution >= 4 is 12.0 Å². The molecule has 1 aliphatic heterocycles. The SMILES string of the molecule is N#CC1(C(=O)N2CC(NC(=O)O)C3(CCC3)C2)CC1. The van der Waals surface area contributed by atoms with Crippen LogP contribution in [0.2, 0.25) is 0 Å². The second-order valence-electron chi connectivity index (χ2n) is 6.10. The fraction of sp³-hybridized carbons (Fsp3) is 0.769. The highest BCUT2D eigenvalue weighted by Gasteiger charge is 2.58. The molecule has 2 N–H and O–H groups in total. The number of nitrogens with zero attached hydrogens (tertiary/aromatic N) is 2. The molecule has 6 nitrogen and oxygen atoms in total. The van der Waals surface area contributed by atoms with Crippen LogP contribution in [0.4, 0.5) is 4.79 Å². The van der Waals surface area contributed by atoms with E-state index in [-0.39, 0.29) is 17.4 Å². The van der Waals surface area contributed by atoms with Gasteiger partial charge in [-0.25, -0.2) is 4.79 Å². The Labute approximate surface area is 111 Å². The van der Waals surface area contributed by atoms with E-state index in [0.29, 0.717) is 25.9 Å². The van der Waals surface area contributed by atoms with Crippen LogP contribution in [0.25, 0.3) is 0 Å². The minimum Gasteiger partial charge on any atom is -0.465 e. The highest BCUT2D eigenvalue weighted by Crippen LogP contribution is 2.52. The number of carbonyl (C=O) groups excluding carboxylic acids is 1. The molecule has 3 rings (SSSR count). The third-order valence-corrected chi connectivity index (χ3v) is 4.96. The van der Waals surface area contributed by atoms with Crippen LogP contribution >= 0.6 is 0 Å². The van der Waals surface area contributed by atoms with Crippen LogP contribution in [-0.2, 0) is 4.79 Å². The van der Waals surface area contributed by atoms with Crippen molar-refractivity contribution in [2.24, 2.45) is 10.8 Å². The predicted octanol–water partition coefficient (Wildman–Crippen LogP) is 0.939. The highest BCUT2D eigenvalue weighted by atomic mass is 16.4. The summed E-state index contributed by atoms with van der Waals surface area (Å²) in [5.74, 6) is -0.101.